The minimum absolute atomic E-state index is 0.0514. The number of likely N-dealkylation sites (N-methyl/N-ethyl adjacent to an activating group) is 1. The van der Waals surface area contributed by atoms with Crippen molar-refractivity contribution < 1.29 is 14.3 Å². The molecule has 18 heavy (non-hydrogen) atoms. The zero-order valence-electron chi connectivity index (χ0n) is 10.7. The molecule has 0 spiro atoms. The third kappa shape index (κ3) is 2.70. The van der Waals surface area contributed by atoms with Crippen LogP contribution in [0.1, 0.15) is 17.5 Å². The molecule has 1 heterocycles. The van der Waals surface area contributed by atoms with Crippen LogP contribution >= 0.6 is 0 Å². The molecule has 1 aliphatic rings. The first-order chi connectivity index (χ1) is 8.58. The van der Waals surface area contributed by atoms with E-state index >= 15 is 0 Å². The molecule has 0 radical (unpaired) electrons. The molecule has 1 aliphatic heterocycles. The molecular formula is C14H17NO3. The molecule has 0 aliphatic carbocycles. The van der Waals surface area contributed by atoms with Gasteiger partial charge in [-0.25, -0.2) is 4.79 Å². The summed E-state index contributed by atoms with van der Waals surface area (Å²) in [5.41, 5.74) is 2.10. The number of benzene rings is 1. The highest BCUT2D eigenvalue weighted by Gasteiger charge is 2.32. The van der Waals surface area contributed by atoms with Crippen molar-refractivity contribution in [2.45, 2.75) is 25.8 Å². The second-order valence-electron chi connectivity index (χ2n) is 4.64. The van der Waals surface area contributed by atoms with Crippen LogP contribution in [-0.4, -0.2) is 36.5 Å². The Morgan fingerprint density at radius 3 is 2.89 bits per heavy atom. The van der Waals surface area contributed by atoms with Gasteiger partial charge < -0.3 is 9.64 Å². The van der Waals surface area contributed by atoms with Crippen LogP contribution in [0.25, 0.3) is 0 Å². The number of nitrogens with zero attached hydrogens (tertiary/aromatic N) is 1. The van der Waals surface area contributed by atoms with Gasteiger partial charge in [0, 0.05) is 13.5 Å². The third-order valence-corrected chi connectivity index (χ3v) is 3.21. The Balaban J connectivity index is 2.01. The second kappa shape index (κ2) is 5.21. The number of esters is 1. The smallest absolute Gasteiger partial charge is 0.328 e. The van der Waals surface area contributed by atoms with Crippen molar-refractivity contribution in [3.05, 3.63) is 35.4 Å². The summed E-state index contributed by atoms with van der Waals surface area (Å²) in [6.07, 6.45) is 0.914. The van der Waals surface area contributed by atoms with Crippen LogP contribution in [0.4, 0.5) is 0 Å². The van der Waals surface area contributed by atoms with E-state index in [-0.39, 0.29) is 11.9 Å². The largest absolute Gasteiger partial charge is 0.464 e. The van der Waals surface area contributed by atoms with Crippen LogP contribution in [0, 0.1) is 6.92 Å². The molecule has 2 rings (SSSR count). The topological polar surface area (TPSA) is 46.6 Å². The number of rotatable bonds is 3. The van der Waals surface area contributed by atoms with E-state index in [1.165, 1.54) is 4.90 Å². The number of amides is 1. The maximum atomic E-state index is 12.1. The Morgan fingerprint density at radius 2 is 2.28 bits per heavy atom. The molecule has 1 aromatic carbocycles. The monoisotopic (exact) mass is 247 g/mol. The summed E-state index contributed by atoms with van der Waals surface area (Å²) in [7, 11) is 1.66. The maximum Gasteiger partial charge on any atom is 0.328 e. The van der Waals surface area contributed by atoms with Crippen molar-refractivity contribution in [2.24, 2.45) is 0 Å². The van der Waals surface area contributed by atoms with E-state index in [2.05, 4.69) is 0 Å². The van der Waals surface area contributed by atoms with Gasteiger partial charge in [-0.05, 0) is 12.5 Å². The first-order valence-corrected chi connectivity index (χ1v) is 6.06. The minimum atomic E-state index is -0.415. The van der Waals surface area contributed by atoms with Crippen LogP contribution < -0.4 is 0 Å². The van der Waals surface area contributed by atoms with Crippen LogP contribution in [0.15, 0.2) is 24.3 Å². The van der Waals surface area contributed by atoms with E-state index in [0.717, 1.165) is 11.1 Å². The summed E-state index contributed by atoms with van der Waals surface area (Å²) in [5, 5.41) is 0. The van der Waals surface area contributed by atoms with Crippen LogP contribution in [-0.2, 0) is 20.7 Å². The van der Waals surface area contributed by atoms with Gasteiger partial charge in [-0.2, -0.15) is 0 Å². The molecular weight excluding hydrogens is 230 g/mol. The number of ether oxygens (including phenoxy) is 1. The van der Waals surface area contributed by atoms with Gasteiger partial charge in [0.2, 0.25) is 5.91 Å². The molecule has 1 atom stereocenters. The molecule has 1 fully saturated rings. The summed E-state index contributed by atoms with van der Waals surface area (Å²) >= 11 is 0. The lowest BCUT2D eigenvalue weighted by atomic mass is 10.1. The van der Waals surface area contributed by atoms with E-state index in [9.17, 15) is 9.59 Å². The van der Waals surface area contributed by atoms with Crippen molar-refractivity contribution in [3.8, 4) is 0 Å². The van der Waals surface area contributed by atoms with Gasteiger partial charge in [-0.3, -0.25) is 4.79 Å². The quantitative estimate of drug-likeness (QED) is 0.757. The number of carbonyl (C=O) groups is 2. The molecule has 1 amide bonds. The number of hydrogen-bond donors (Lipinski definition) is 0. The average Bonchev–Trinajstić information content (AvgIpc) is 2.74. The van der Waals surface area contributed by atoms with Crippen molar-refractivity contribution >= 4 is 11.9 Å². The molecule has 0 N–H and O–H groups in total. The van der Waals surface area contributed by atoms with E-state index in [0.29, 0.717) is 19.4 Å². The highest BCUT2D eigenvalue weighted by molar-refractivity contribution is 5.86. The lowest BCUT2D eigenvalue weighted by Crippen LogP contribution is -2.40. The predicted molar refractivity (Wildman–Crippen MR) is 67.0 cm³/mol. The summed E-state index contributed by atoms with van der Waals surface area (Å²) < 4.78 is 4.87. The number of carbonyl (C=O) groups excluding carboxylic acids is 2. The van der Waals surface area contributed by atoms with Crippen LogP contribution in [0.2, 0.25) is 0 Å². The van der Waals surface area contributed by atoms with E-state index in [1.807, 2.05) is 31.2 Å². The number of aryl methyl sites for hydroxylation is 1. The molecule has 1 saturated heterocycles. The van der Waals surface area contributed by atoms with Gasteiger partial charge in [0.25, 0.3) is 0 Å². The van der Waals surface area contributed by atoms with Gasteiger partial charge >= 0.3 is 5.97 Å². The molecule has 0 bridgehead atoms. The molecule has 4 nitrogen and oxygen atoms in total. The van der Waals surface area contributed by atoms with Gasteiger partial charge in [-0.1, -0.05) is 29.8 Å². The predicted octanol–water partition coefficient (Wildman–Crippen LogP) is 1.31. The fourth-order valence-corrected chi connectivity index (χ4v) is 2.13. The standard InChI is InChI=1S/C14H17NO3/c1-10-4-3-5-11(8-10)9-13(16)15(2)12-6-7-18-14(12)17/h3-5,8,12H,6-7,9H2,1-2H3/t12-/m0/s1. The maximum absolute atomic E-state index is 12.1. The van der Waals surface area contributed by atoms with Gasteiger partial charge in [-0.15, -0.1) is 0 Å². The SMILES string of the molecule is Cc1cccc(CC(=O)N(C)[C@H]2CCOC2=O)c1. The zero-order chi connectivity index (χ0) is 13.1. The Kier molecular flexibility index (Phi) is 3.65. The minimum Gasteiger partial charge on any atom is -0.464 e. The number of cyclic esters (lactones) is 1. The van der Waals surface area contributed by atoms with Gasteiger partial charge in [0.15, 0.2) is 0 Å². The molecule has 0 saturated carbocycles. The Bertz CT molecular complexity index is 470. The molecule has 0 aromatic heterocycles. The molecule has 0 unspecified atom stereocenters. The molecule has 4 heteroatoms. The van der Waals surface area contributed by atoms with E-state index in [4.69, 9.17) is 4.74 Å². The van der Waals surface area contributed by atoms with Crippen molar-refractivity contribution in [3.63, 3.8) is 0 Å². The Hall–Kier alpha value is -1.84. The fourth-order valence-electron chi connectivity index (χ4n) is 2.13. The zero-order valence-corrected chi connectivity index (χ0v) is 10.7. The van der Waals surface area contributed by atoms with Crippen molar-refractivity contribution in [1.29, 1.82) is 0 Å². The highest BCUT2D eigenvalue weighted by Crippen LogP contribution is 2.14. The van der Waals surface area contributed by atoms with Crippen LogP contribution in [0.3, 0.4) is 0 Å². The summed E-state index contributed by atoms with van der Waals surface area (Å²) in [5.74, 6) is -0.348. The first-order valence-electron chi connectivity index (χ1n) is 6.06. The third-order valence-electron chi connectivity index (χ3n) is 3.21. The lowest BCUT2D eigenvalue weighted by Gasteiger charge is -2.21. The summed E-state index contributed by atoms with van der Waals surface area (Å²) in [6, 6.07) is 7.42. The number of hydrogen-bond acceptors (Lipinski definition) is 3. The summed E-state index contributed by atoms with van der Waals surface area (Å²) in [6.45, 7) is 2.40. The first kappa shape index (κ1) is 12.6. The van der Waals surface area contributed by atoms with Crippen LogP contribution in [0.5, 0.6) is 0 Å². The Morgan fingerprint density at radius 1 is 1.50 bits per heavy atom. The van der Waals surface area contributed by atoms with E-state index < -0.39 is 6.04 Å². The molecule has 1 aromatic rings. The van der Waals surface area contributed by atoms with Gasteiger partial charge in [0.05, 0.1) is 13.0 Å². The molecule has 96 valence electrons. The summed E-state index contributed by atoms with van der Waals surface area (Å²) in [4.78, 5) is 25.0. The van der Waals surface area contributed by atoms with Crippen molar-refractivity contribution in [2.75, 3.05) is 13.7 Å². The lowest BCUT2D eigenvalue weighted by molar-refractivity contribution is -0.146. The highest BCUT2D eigenvalue weighted by atomic mass is 16.5. The van der Waals surface area contributed by atoms with E-state index in [1.54, 1.807) is 7.05 Å². The Labute approximate surface area is 107 Å². The fraction of sp³-hybridized carbons (Fsp3) is 0.429. The average molecular weight is 247 g/mol. The normalized spacial score (nSPS) is 18.6. The van der Waals surface area contributed by atoms with Gasteiger partial charge in [0.1, 0.15) is 6.04 Å². The second-order valence-corrected chi connectivity index (χ2v) is 4.64. The van der Waals surface area contributed by atoms with Crippen molar-refractivity contribution in [1.82, 2.24) is 4.90 Å².